The van der Waals surface area contributed by atoms with Crippen LogP contribution in [0.2, 0.25) is 0 Å². The summed E-state index contributed by atoms with van der Waals surface area (Å²) in [6, 6.07) is 90.1. The summed E-state index contributed by atoms with van der Waals surface area (Å²) in [4.78, 5) is 4.86. The van der Waals surface area contributed by atoms with Crippen LogP contribution in [0.15, 0.2) is 251 Å². The Bertz CT molecular complexity index is 4880. The number of fused-ring (bicyclic) bond motifs is 13. The van der Waals surface area contributed by atoms with E-state index in [0.717, 1.165) is 111 Å². The number of hydrogen-bond donors (Lipinski definition) is 0. The van der Waals surface area contributed by atoms with E-state index in [1.807, 2.05) is 0 Å². The van der Waals surface area contributed by atoms with E-state index in [9.17, 15) is 0 Å². The first-order chi connectivity index (χ1) is 42.3. The third kappa shape index (κ3) is 8.55. The van der Waals surface area contributed by atoms with E-state index in [2.05, 4.69) is 322 Å². The minimum Gasteiger partial charge on any atom is -0.455 e. The van der Waals surface area contributed by atoms with E-state index in [0.29, 0.717) is 0 Å². The van der Waals surface area contributed by atoms with E-state index in [4.69, 9.17) is 8.83 Å². The van der Waals surface area contributed by atoms with E-state index >= 15 is 0 Å². The summed E-state index contributed by atoms with van der Waals surface area (Å²) >= 11 is 0. The lowest BCUT2D eigenvalue weighted by Crippen LogP contribution is -2.17. The van der Waals surface area contributed by atoms with Crippen molar-refractivity contribution in [3.05, 3.63) is 276 Å². The lowest BCUT2D eigenvalue weighted by molar-refractivity contribution is 0.590. The molecule has 2 aliphatic rings. The van der Waals surface area contributed by atoms with Crippen LogP contribution in [-0.2, 0) is 21.7 Å². The maximum absolute atomic E-state index is 6.89. The highest BCUT2D eigenvalue weighted by atomic mass is 16.3. The van der Waals surface area contributed by atoms with Gasteiger partial charge in [0.25, 0.3) is 0 Å². The first-order valence-corrected chi connectivity index (χ1v) is 31.1. The minimum absolute atomic E-state index is 0.00438. The summed E-state index contributed by atoms with van der Waals surface area (Å²) in [6.45, 7) is 23.1. The van der Waals surface area contributed by atoms with Crippen molar-refractivity contribution in [3.8, 4) is 44.9 Å². The van der Waals surface area contributed by atoms with Crippen molar-refractivity contribution < 1.29 is 8.83 Å². The average Bonchev–Trinajstić information content (AvgIpc) is 1.83. The molecule has 0 saturated heterocycles. The summed E-state index contributed by atoms with van der Waals surface area (Å²) in [5.41, 5.74) is 23.7. The van der Waals surface area contributed by atoms with Crippen molar-refractivity contribution in [2.75, 3.05) is 9.80 Å². The third-order valence-electron chi connectivity index (χ3n) is 19.5. The van der Waals surface area contributed by atoms with E-state index in [1.54, 1.807) is 0 Å². The van der Waals surface area contributed by atoms with Gasteiger partial charge >= 0.3 is 0 Å². The Morgan fingerprint density at radius 2 is 0.636 bits per heavy atom. The third-order valence-corrected chi connectivity index (χ3v) is 19.5. The smallest absolute Gasteiger partial charge is 0.142 e. The summed E-state index contributed by atoms with van der Waals surface area (Å²) < 4.78 is 13.8. The van der Waals surface area contributed by atoms with Crippen molar-refractivity contribution in [1.29, 1.82) is 0 Å². The molecule has 2 aromatic heterocycles. The number of benzene rings is 12. The maximum atomic E-state index is 6.89. The molecule has 0 atom stereocenters. The maximum Gasteiger partial charge on any atom is 0.142 e. The van der Waals surface area contributed by atoms with Crippen LogP contribution in [0.4, 0.5) is 34.1 Å². The van der Waals surface area contributed by atoms with Gasteiger partial charge in [0.1, 0.15) is 22.7 Å². The monoisotopic (exact) mass is 1140 g/mol. The van der Waals surface area contributed by atoms with Crippen molar-refractivity contribution in [3.63, 3.8) is 0 Å². The molecule has 14 aromatic rings. The molecule has 428 valence electrons. The second kappa shape index (κ2) is 19.3. The van der Waals surface area contributed by atoms with Gasteiger partial charge in [0, 0.05) is 77.6 Å². The molecule has 0 saturated carbocycles. The molecule has 4 nitrogen and oxygen atoms in total. The van der Waals surface area contributed by atoms with Crippen molar-refractivity contribution in [2.45, 2.75) is 90.9 Å². The lowest BCUT2D eigenvalue weighted by atomic mass is 9.82. The summed E-state index contributed by atoms with van der Waals surface area (Å²) in [5, 5.41) is 8.77. The Kier molecular flexibility index (Phi) is 11.7. The molecule has 16 rings (SSSR count). The van der Waals surface area contributed by atoms with Gasteiger partial charge in [0.15, 0.2) is 0 Å². The van der Waals surface area contributed by atoms with Gasteiger partial charge in [-0.15, -0.1) is 0 Å². The van der Waals surface area contributed by atoms with E-state index < -0.39 is 0 Å². The number of hydrogen-bond acceptors (Lipinski definition) is 4. The second-order valence-electron chi connectivity index (χ2n) is 27.8. The quantitative estimate of drug-likeness (QED) is 0.152. The molecular weight excluding hydrogens is 1070 g/mol. The highest BCUT2D eigenvalue weighted by Crippen LogP contribution is 2.53. The van der Waals surface area contributed by atoms with Crippen LogP contribution in [-0.4, -0.2) is 0 Å². The van der Waals surface area contributed by atoms with Crippen LogP contribution < -0.4 is 9.80 Å². The van der Waals surface area contributed by atoms with Crippen molar-refractivity contribution >= 4 is 88.4 Å². The van der Waals surface area contributed by atoms with Crippen LogP contribution in [0.3, 0.4) is 0 Å². The van der Waals surface area contributed by atoms with Gasteiger partial charge in [-0.25, -0.2) is 0 Å². The van der Waals surface area contributed by atoms with Gasteiger partial charge in [0.05, 0.1) is 0 Å². The van der Waals surface area contributed by atoms with Gasteiger partial charge in [0.2, 0.25) is 0 Å². The Balaban J connectivity index is 0.711. The van der Waals surface area contributed by atoms with Crippen LogP contribution in [0.1, 0.15) is 103 Å². The molecule has 12 aromatic carbocycles. The summed E-state index contributed by atoms with van der Waals surface area (Å²) in [6.07, 6.45) is 0. The van der Waals surface area contributed by atoms with Crippen LogP contribution >= 0.6 is 0 Å². The first kappa shape index (κ1) is 53.6. The van der Waals surface area contributed by atoms with Crippen LogP contribution in [0.5, 0.6) is 0 Å². The molecule has 0 unspecified atom stereocenters. The van der Waals surface area contributed by atoms with E-state index in [-0.39, 0.29) is 21.7 Å². The van der Waals surface area contributed by atoms with Crippen molar-refractivity contribution in [1.82, 2.24) is 0 Å². The fourth-order valence-electron chi connectivity index (χ4n) is 14.5. The Morgan fingerprint density at radius 3 is 1.07 bits per heavy atom. The summed E-state index contributed by atoms with van der Waals surface area (Å²) in [5.74, 6) is 1.67. The van der Waals surface area contributed by atoms with Gasteiger partial charge in [-0.3, -0.25) is 0 Å². The molecule has 0 aliphatic heterocycles. The van der Waals surface area contributed by atoms with Gasteiger partial charge in [-0.05, 0) is 197 Å². The lowest BCUT2D eigenvalue weighted by Gasteiger charge is -2.30. The summed E-state index contributed by atoms with van der Waals surface area (Å²) in [7, 11) is 0. The zero-order valence-corrected chi connectivity index (χ0v) is 51.8. The Morgan fingerprint density at radius 1 is 0.284 bits per heavy atom. The number of furan rings is 2. The predicted octanol–water partition coefficient (Wildman–Crippen LogP) is 24.1. The molecule has 4 heteroatoms. The molecule has 0 amide bonds. The Labute approximate surface area is 516 Å². The molecule has 0 fully saturated rings. The van der Waals surface area contributed by atoms with Gasteiger partial charge < -0.3 is 18.6 Å². The highest BCUT2D eigenvalue weighted by molar-refractivity contribution is 6.15. The molecule has 88 heavy (non-hydrogen) atoms. The fraction of sp³-hybridized carbons (Fsp3) is 0.167. The zero-order chi connectivity index (χ0) is 60.2. The molecular formula is C84H70N2O2. The Hall–Kier alpha value is -9.90. The normalized spacial score (nSPS) is 14.0. The molecule has 0 radical (unpaired) electrons. The topological polar surface area (TPSA) is 32.8 Å². The number of nitrogens with zero attached hydrogens (tertiary/aromatic N) is 2. The van der Waals surface area contributed by atoms with E-state index in [1.165, 1.54) is 55.6 Å². The molecule has 2 aliphatic carbocycles. The highest BCUT2D eigenvalue weighted by Gasteiger charge is 2.37. The molecule has 2 heterocycles. The SMILES string of the molecule is CC(C)(C)c1cccc(N(c2ccc3c(c2)C(C)(C)c2ccccc2-3)c2ccc3cc(-c4cc5ccc6c(ccc7cc(-c8ccc9cc(N(c%10cccc(C(C)(C)C)c%10)c%10ccc%11c(c%10)C(C)(C)c%10ccccc%10-%11)ccc9c8)oc76)c5o4)ccc3c2)c1. The first-order valence-electron chi connectivity index (χ1n) is 31.1. The molecule has 0 bridgehead atoms. The predicted molar refractivity (Wildman–Crippen MR) is 371 cm³/mol. The average molecular weight is 1140 g/mol. The molecule has 0 spiro atoms. The van der Waals surface area contributed by atoms with Crippen molar-refractivity contribution in [2.24, 2.45) is 0 Å². The number of anilines is 6. The standard InChI is InChI=1S/C84H70N2O2/c1-81(2,3)59-17-15-19-61(47-59)85(65-35-39-69-67-21-11-13-23-73(67)83(7,8)75(69)49-65)63-33-29-51-41-55(27-25-53(51)43-63)77-45-57-31-37-72-71(79(57)87-77)38-32-58-46-78(88-80(58)72)56-28-26-54-44-64(34-30-52(54)42-56)86(62-20-16-18-60(48-62)82(4,5)6)66-36-40-70-68-22-12-14-24-74(68)84(9,10)76(70)50-66/h11-50H,1-10H3. The second-order valence-corrected chi connectivity index (χ2v) is 27.8. The zero-order valence-electron chi connectivity index (χ0n) is 51.8. The largest absolute Gasteiger partial charge is 0.455 e. The fourth-order valence-corrected chi connectivity index (χ4v) is 14.5. The minimum atomic E-state index is -0.118. The van der Waals surface area contributed by atoms with Gasteiger partial charge in [-0.2, -0.15) is 0 Å². The van der Waals surface area contributed by atoms with Crippen LogP contribution in [0.25, 0.3) is 99.2 Å². The van der Waals surface area contributed by atoms with Gasteiger partial charge in [-0.1, -0.05) is 203 Å². The molecule has 0 N–H and O–H groups in total. The van der Waals surface area contributed by atoms with Crippen LogP contribution in [0, 0.1) is 0 Å². The number of rotatable bonds is 8.